The summed E-state index contributed by atoms with van der Waals surface area (Å²) in [5.74, 6) is 0.545. The van der Waals surface area contributed by atoms with Crippen LogP contribution in [0.25, 0.3) is 21.5 Å². The lowest BCUT2D eigenvalue weighted by Crippen LogP contribution is -2.37. The highest BCUT2D eigenvalue weighted by Gasteiger charge is 2.23. The first-order valence-electron chi connectivity index (χ1n) is 10.5. The fourth-order valence-electron chi connectivity index (χ4n) is 3.98. The van der Waals surface area contributed by atoms with Crippen LogP contribution in [0.15, 0.2) is 60.0 Å². The zero-order valence-corrected chi connectivity index (χ0v) is 20.4. The van der Waals surface area contributed by atoms with Crippen molar-refractivity contribution in [3.8, 4) is 16.3 Å². The molecule has 8 heteroatoms. The van der Waals surface area contributed by atoms with Gasteiger partial charge < -0.3 is 24.3 Å². The second-order valence-electron chi connectivity index (χ2n) is 7.57. The fraction of sp³-hybridized carbons (Fsp3) is 0.240. The van der Waals surface area contributed by atoms with Gasteiger partial charge in [0.25, 0.3) is 0 Å². The van der Waals surface area contributed by atoms with Gasteiger partial charge in [-0.05, 0) is 35.7 Å². The molecule has 0 saturated heterocycles. The number of fused-ring (bicyclic) bond motifs is 1. The number of rotatable bonds is 8. The van der Waals surface area contributed by atoms with Crippen LogP contribution in [-0.2, 0) is 18.3 Å². The Morgan fingerprint density at radius 1 is 1.15 bits per heavy atom. The lowest BCUT2D eigenvalue weighted by atomic mass is 10.1. The molecule has 1 N–H and O–H groups in total. The van der Waals surface area contributed by atoms with Crippen LogP contribution in [0.3, 0.4) is 0 Å². The average Bonchev–Trinajstić information content (AvgIpc) is 3.43. The summed E-state index contributed by atoms with van der Waals surface area (Å²) in [6.07, 6.45) is 0. The molecular weight excluding hydrogens is 458 g/mol. The number of amides is 2. The molecule has 2 aromatic carbocycles. The van der Waals surface area contributed by atoms with Crippen molar-refractivity contribution in [3.63, 3.8) is 0 Å². The van der Waals surface area contributed by atoms with Gasteiger partial charge in [0.1, 0.15) is 5.75 Å². The second-order valence-corrected chi connectivity index (χ2v) is 8.95. The Labute approximate surface area is 202 Å². The van der Waals surface area contributed by atoms with E-state index in [2.05, 4.69) is 40.5 Å². The summed E-state index contributed by atoms with van der Waals surface area (Å²) >= 11 is 7.84. The Balaban J connectivity index is 1.72. The van der Waals surface area contributed by atoms with E-state index in [1.807, 2.05) is 18.2 Å². The van der Waals surface area contributed by atoms with Gasteiger partial charge in [-0.15, -0.1) is 11.3 Å². The molecule has 0 aliphatic heterocycles. The van der Waals surface area contributed by atoms with E-state index in [0.29, 0.717) is 36.2 Å². The smallest absolute Gasteiger partial charge is 0.322 e. The third kappa shape index (κ3) is 4.85. The first-order valence-corrected chi connectivity index (χ1v) is 11.8. The molecule has 0 aliphatic rings. The highest BCUT2D eigenvalue weighted by molar-refractivity contribution is 7.13. The largest absolute Gasteiger partial charge is 0.495 e. The van der Waals surface area contributed by atoms with Gasteiger partial charge in [0.05, 0.1) is 36.5 Å². The van der Waals surface area contributed by atoms with Crippen molar-refractivity contribution in [2.75, 3.05) is 32.7 Å². The number of aromatic nitrogens is 1. The van der Waals surface area contributed by atoms with Crippen LogP contribution in [0.4, 0.5) is 10.5 Å². The maximum atomic E-state index is 13.4. The van der Waals surface area contributed by atoms with Crippen LogP contribution < -0.4 is 10.1 Å². The number of hydrogen-bond donors (Lipinski definition) is 1. The third-order valence-corrected chi connectivity index (χ3v) is 6.68. The average molecular weight is 484 g/mol. The number of ether oxygens (including phenoxy) is 2. The molecule has 2 heterocycles. The SMILES string of the molecule is COCCN(Cc1c(-c2cccs2)n(C)c2ccccc12)C(=O)Nc1cc(Cl)ccc1OC. The monoisotopic (exact) mass is 483 g/mol. The number of nitrogens with one attached hydrogen (secondary N) is 1. The lowest BCUT2D eigenvalue weighted by Gasteiger charge is -2.24. The number of urea groups is 1. The number of carbonyl (C=O) groups is 1. The molecule has 0 unspecified atom stereocenters. The molecule has 0 bridgehead atoms. The van der Waals surface area contributed by atoms with Gasteiger partial charge in [0.15, 0.2) is 0 Å². The molecule has 0 aliphatic carbocycles. The number of thiophene rings is 1. The van der Waals surface area contributed by atoms with Crippen LogP contribution in [0.1, 0.15) is 5.56 Å². The minimum atomic E-state index is -0.252. The summed E-state index contributed by atoms with van der Waals surface area (Å²) in [6, 6.07) is 17.3. The van der Waals surface area contributed by atoms with Crippen LogP contribution in [0.5, 0.6) is 5.75 Å². The quantitative estimate of drug-likeness (QED) is 0.322. The molecule has 2 aromatic heterocycles. The van der Waals surface area contributed by atoms with Crippen LogP contribution in [-0.4, -0.2) is 42.9 Å². The standard InChI is InChI=1S/C25H26ClN3O3S/c1-28-21-8-5-4-7-18(21)19(24(28)23-9-6-14-33-23)16-29(12-13-31-2)25(30)27-20-15-17(26)10-11-22(20)32-3/h4-11,14-15H,12-13,16H2,1-3H3,(H,27,30). The maximum absolute atomic E-state index is 13.4. The van der Waals surface area contributed by atoms with E-state index in [1.54, 1.807) is 48.7 Å². The van der Waals surface area contributed by atoms with Gasteiger partial charge in [-0.1, -0.05) is 35.9 Å². The van der Waals surface area contributed by atoms with E-state index in [1.165, 1.54) is 0 Å². The first kappa shape index (κ1) is 23.2. The summed E-state index contributed by atoms with van der Waals surface area (Å²) in [4.78, 5) is 16.3. The summed E-state index contributed by atoms with van der Waals surface area (Å²) < 4.78 is 12.9. The van der Waals surface area contributed by atoms with Crippen molar-refractivity contribution in [2.45, 2.75) is 6.54 Å². The Morgan fingerprint density at radius 2 is 1.97 bits per heavy atom. The number of benzene rings is 2. The fourth-order valence-corrected chi connectivity index (χ4v) is 4.98. The van der Waals surface area contributed by atoms with Crippen molar-refractivity contribution >= 4 is 45.6 Å². The van der Waals surface area contributed by atoms with E-state index < -0.39 is 0 Å². The summed E-state index contributed by atoms with van der Waals surface area (Å²) in [5, 5.41) is 6.67. The second kappa shape index (κ2) is 10.3. The number of nitrogens with zero attached hydrogens (tertiary/aromatic N) is 2. The van der Waals surface area contributed by atoms with Crippen molar-refractivity contribution in [2.24, 2.45) is 7.05 Å². The predicted molar refractivity (Wildman–Crippen MR) is 136 cm³/mol. The zero-order chi connectivity index (χ0) is 23.4. The van der Waals surface area contributed by atoms with Gasteiger partial charge in [0.2, 0.25) is 0 Å². The Hall–Kier alpha value is -3.00. The van der Waals surface area contributed by atoms with Crippen molar-refractivity contribution < 1.29 is 14.3 Å². The normalized spacial score (nSPS) is 11.0. The molecule has 0 fully saturated rings. The molecule has 4 rings (SSSR count). The van der Waals surface area contributed by atoms with E-state index in [4.69, 9.17) is 21.1 Å². The number of halogens is 1. The highest BCUT2D eigenvalue weighted by atomic mass is 35.5. The highest BCUT2D eigenvalue weighted by Crippen LogP contribution is 2.36. The first-order chi connectivity index (χ1) is 16.0. The number of aryl methyl sites for hydroxylation is 1. The van der Waals surface area contributed by atoms with Crippen LogP contribution >= 0.6 is 22.9 Å². The molecule has 4 aromatic rings. The minimum absolute atomic E-state index is 0.252. The summed E-state index contributed by atoms with van der Waals surface area (Å²) in [6.45, 7) is 1.27. The number of hydrogen-bond acceptors (Lipinski definition) is 4. The number of para-hydroxylation sites is 1. The van der Waals surface area contributed by atoms with E-state index in [-0.39, 0.29) is 6.03 Å². The lowest BCUT2D eigenvalue weighted by molar-refractivity contribution is 0.153. The summed E-state index contributed by atoms with van der Waals surface area (Å²) in [5.41, 5.74) is 3.86. The molecule has 172 valence electrons. The van der Waals surface area contributed by atoms with Gasteiger partial charge in [-0.2, -0.15) is 0 Å². The molecule has 2 amide bonds. The minimum Gasteiger partial charge on any atom is -0.495 e. The number of methoxy groups -OCH3 is 2. The number of anilines is 1. The Kier molecular flexibility index (Phi) is 7.23. The molecule has 0 radical (unpaired) electrons. The maximum Gasteiger partial charge on any atom is 0.322 e. The summed E-state index contributed by atoms with van der Waals surface area (Å²) in [7, 11) is 5.26. The Morgan fingerprint density at radius 3 is 2.70 bits per heavy atom. The van der Waals surface area contributed by atoms with Crippen molar-refractivity contribution in [1.29, 1.82) is 0 Å². The van der Waals surface area contributed by atoms with Gasteiger partial charge in [-0.3, -0.25) is 0 Å². The molecule has 33 heavy (non-hydrogen) atoms. The van der Waals surface area contributed by atoms with E-state index >= 15 is 0 Å². The van der Waals surface area contributed by atoms with Crippen LogP contribution in [0, 0.1) is 0 Å². The molecule has 0 spiro atoms. The molecule has 6 nitrogen and oxygen atoms in total. The van der Waals surface area contributed by atoms with E-state index in [0.717, 1.165) is 27.0 Å². The zero-order valence-electron chi connectivity index (χ0n) is 18.8. The van der Waals surface area contributed by atoms with E-state index in [9.17, 15) is 4.79 Å². The van der Waals surface area contributed by atoms with Crippen molar-refractivity contribution in [1.82, 2.24) is 9.47 Å². The molecular formula is C25H26ClN3O3S. The topological polar surface area (TPSA) is 55.7 Å². The third-order valence-electron chi connectivity index (χ3n) is 5.57. The van der Waals surface area contributed by atoms with Crippen LogP contribution in [0.2, 0.25) is 5.02 Å². The van der Waals surface area contributed by atoms with Gasteiger partial charge >= 0.3 is 6.03 Å². The predicted octanol–water partition coefficient (Wildman–Crippen LogP) is 6.25. The Bertz CT molecular complexity index is 1250. The van der Waals surface area contributed by atoms with Crippen molar-refractivity contribution in [3.05, 3.63) is 70.6 Å². The molecule has 0 saturated carbocycles. The van der Waals surface area contributed by atoms with Gasteiger partial charge in [-0.25, -0.2) is 4.79 Å². The number of carbonyl (C=O) groups excluding carboxylic acids is 1. The molecule has 0 atom stereocenters. The van der Waals surface area contributed by atoms with Gasteiger partial charge in [0, 0.05) is 42.2 Å².